The molecule has 0 bridgehead atoms. The third-order valence-electron chi connectivity index (χ3n) is 3.64. The zero-order valence-electron chi connectivity index (χ0n) is 10.7. The lowest BCUT2D eigenvalue weighted by atomic mass is 10.0. The van der Waals surface area contributed by atoms with Crippen LogP contribution >= 0.6 is 0 Å². The van der Waals surface area contributed by atoms with Gasteiger partial charge in [0.1, 0.15) is 11.6 Å². The lowest BCUT2D eigenvalue weighted by molar-refractivity contribution is 0.0867. The molecule has 2 rings (SSSR count). The smallest absolute Gasteiger partial charge is 0.179 e. The maximum Gasteiger partial charge on any atom is 0.179 e. The number of likely N-dealkylation sites (tertiary alicyclic amines) is 1. The fourth-order valence-corrected chi connectivity index (χ4v) is 2.43. The molecule has 0 aromatic heterocycles. The normalized spacial score (nSPS) is 19.1. The topological polar surface area (TPSA) is 20.3 Å². The van der Waals surface area contributed by atoms with E-state index in [1.807, 2.05) is 0 Å². The highest BCUT2D eigenvalue weighted by Crippen LogP contribution is 2.28. The lowest BCUT2D eigenvalue weighted by Crippen LogP contribution is -2.41. The number of benzene rings is 1. The Bertz CT molecular complexity index is 471. The summed E-state index contributed by atoms with van der Waals surface area (Å²) in [7, 11) is 0. The molecule has 1 heterocycles. The van der Waals surface area contributed by atoms with Crippen LogP contribution in [0.2, 0.25) is 0 Å². The van der Waals surface area contributed by atoms with Gasteiger partial charge in [-0.25, -0.2) is 8.78 Å². The van der Waals surface area contributed by atoms with Crippen LogP contribution in [0.5, 0.6) is 0 Å². The second kappa shape index (κ2) is 4.76. The van der Waals surface area contributed by atoms with E-state index in [0.29, 0.717) is 0 Å². The van der Waals surface area contributed by atoms with E-state index in [0.717, 1.165) is 31.5 Å². The highest BCUT2D eigenvalue weighted by molar-refractivity contribution is 5.97. The summed E-state index contributed by atoms with van der Waals surface area (Å²) in [6.45, 7) is 5.19. The van der Waals surface area contributed by atoms with Crippen molar-refractivity contribution in [3.8, 4) is 0 Å². The second-order valence-corrected chi connectivity index (χ2v) is 5.38. The molecule has 1 aliphatic rings. The van der Waals surface area contributed by atoms with Crippen molar-refractivity contribution < 1.29 is 13.6 Å². The van der Waals surface area contributed by atoms with Gasteiger partial charge in [-0.15, -0.1) is 0 Å². The first-order chi connectivity index (χ1) is 8.40. The van der Waals surface area contributed by atoms with Crippen LogP contribution in [0.1, 0.15) is 37.0 Å². The molecule has 1 aliphatic heterocycles. The van der Waals surface area contributed by atoms with Crippen LogP contribution in [0.25, 0.3) is 0 Å². The summed E-state index contributed by atoms with van der Waals surface area (Å²) in [5.74, 6) is -1.73. The predicted molar refractivity (Wildman–Crippen MR) is 65.6 cm³/mol. The molecule has 0 radical (unpaired) electrons. The van der Waals surface area contributed by atoms with Gasteiger partial charge in [-0.3, -0.25) is 9.69 Å². The molecule has 2 nitrogen and oxygen atoms in total. The molecule has 0 aliphatic carbocycles. The average molecular weight is 253 g/mol. The van der Waals surface area contributed by atoms with Gasteiger partial charge in [-0.1, -0.05) is 0 Å². The third kappa shape index (κ3) is 2.58. The summed E-state index contributed by atoms with van der Waals surface area (Å²) in [5.41, 5.74) is -0.0503. The number of nitrogens with zero attached hydrogens (tertiary/aromatic N) is 1. The Kier molecular flexibility index (Phi) is 3.48. The fourth-order valence-electron chi connectivity index (χ4n) is 2.43. The molecule has 0 amide bonds. The molecule has 1 fully saturated rings. The summed E-state index contributed by atoms with van der Waals surface area (Å²) >= 11 is 0. The van der Waals surface area contributed by atoms with E-state index >= 15 is 0 Å². The summed E-state index contributed by atoms with van der Waals surface area (Å²) < 4.78 is 26.3. The monoisotopic (exact) mass is 253 g/mol. The molecular formula is C14H17F2NO. The Morgan fingerprint density at radius 1 is 1.39 bits per heavy atom. The maximum absolute atomic E-state index is 13.5. The van der Waals surface area contributed by atoms with Gasteiger partial charge in [0.15, 0.2) is 5.78 Å². The Balaban J connectivity index is 2.13. The second-order valence-electron chi connectivity index (χ2n) is 5.38. The number of ketones is 1. The van der Waals surface area contributed by atoms with Crippen LogP contribution in [-0.4, -0.2) is 29.3 Å². The Morgan fingerprint density at radius 3 is 2.67 bits per heavy atom. The van der Waals surface area contributed by atoms with Gasteiger partial charge in [0.25, 0.3) is 0 Å². The highest BCUT2D eigenvalue weighted by atomic mass is 19.1. The molecular weight excluding hydrogens is 236 g/mol. The first-order valence-electron chi connectivity index (χ1n) is 6.13. The number of carbonyl (C=O) groups excluding carboxylic acids is 1. The number of hydrogen-bond acceptors (Lipinski definition) is 2. The SMILES string of the molecule is CC1(C)CCCN1CC(=O)c1ccc(F)cc1F. The molecule has 1 aromatic carbocycles. The number of carbonyl (C=O) groups is 1. The quantitative estimate of drug-likeness (QED) is 0.772. The molecule has 1 saturated heterocycles. The van der Waals surface area contributed by atoms with Gasteiger partial charge < -0.3 is 0 Å². The van der Waals surface area contributed by atoms with Crippen molar-refractivity contribution in [1.29, 1.82) is 0 Å². The van der Waals surface area contributed by atoms with Crippen LogP contribution in [0.4, 0.5) is 8.78 Å². The lowest BCUT2D eigenvalue weighted by Gasteiger charge is -2.30. The van der Waals surface area contributed by atoms with Gasteiger partial charge in [0.05, 0.1) is 12.1 Å². The Morgan fingerprint density at radius 2 is 2.11 bits per heavy atom. The number of hydrogen-bond donors (Lipinski definition) is 0. The van der Waals surface area contributed by atoms with Crippen molar-refractivity contribution in [1.82, 2.24) is 4.90 Å². The summed E-state index contributed by atoms with van der Waals surface area (Å²) in [6.07, 6.45) is 2.08. The standard InChI is InChI=1S/C14H17F2NO/c1-14(2)6-3-7-17(14)9-13(18)11-5-4-10(15)8-12(11)16/h4-5,8H,3,6-7,9H2,1-2H3. The average Bonchev–Trinajstić information content (AvgIpc) is 2.58. The van der Waals surface area contributed by atoms with Crippen LogP contribution in [0, 0.1) is 11.6 Å². The highest BCUT2D eigenvalue weighted by Gasteiger charge is 2.33. The minimum Gasteiger partial charge on any atom is -0.293 e. The van der Waals surface area contributed by atoms with Crippen molar-refractivity contribution in [2.24, 2.45) is 0 Å². The number of rotatable bonds is 3. The van der Waals surface area contributed by atoms with Crippen molar-refractivity contribution in [2.75, 3.05) is 13.1 Å². The third-order valence-corrected chi connectivity index (χ3v) is 3.64. The van der Waals surface area contributed by atoms with E-state index in [1.54, 1.807) is 0 Å². The first kappa shape index (κ1) is 13.1. The Hall–Kier alpha value is -1.29. The molecule has 0 unspecified atom stereocenters. The van der Waals surface area contributed by atoms with Crippen molar-refractivity contribution in [3.63, 3.8) is 0 Å². The summed E-state index contributed by atoms with van der Waals surface area (Å²) in [4.78, 5) is 14.1. The maximum atomic E-state index is 13.5. The number of Topliss-reactive ketones (excluding diaryl/α,β-unsaturated/α-hetero) is 1. The molecule has 1 aromatic rings. The largest absolute Gasteiger partial charge is 0.293 e. The van der Waals surface area contributed by atoms with E-state index in [2.05, 4.69) is 18.7 Å². The molecule has 98 valence electrons. The predicted octanol–water partition coefficient (Wildman–Crippen LogP) is 3.02. The van der Waals surface area contributed by atoms with Crippen LogP contribution in [0.3, 0.4) is 0 Å². The van der Waals surface area contributed by atoms with E-state index < -0.39 is 11.6 Å². The Labute approximate surface area is 106 Å². The fraction of sp³-hybridized carbons (Fsp3) is 0.500. The molecule has 0 saturated carbocycles. The van der Waals surface area contributed by atoms with Crippen molar-refractivity contribution in [2.45, 2.75) is 32.2 Å². The van der Waals surface area contributed by atoms with Gasteiger partial charge >= 0.3 is 0 Å². The zero-order chi connectivity index (χ0) is 13.3. The number of halogens is 2. The minimum atomic E-state index is -0.781. The van der Waals surface area contributed by atoms with E-state index in [1.165, 1.54) is 6.07 Å². The zero-order valence-corrected chi connectivity index (χ0v) is 10.7. The van der Waals surface area contributed by atoms with Crippen LogP contribution in [-0.2, 0) is 0 Å². The van der Waals surface area contributed by atoms with E-state index in [4.69, 9.17) is 0 Å². The van der Waals surface area contributed by atoms with Crippen LogP contribution in [0.15, 0.2) is 18.2 Å². The van der Waals surface area contributed by atoms with E-state index in [-0.39, 0.29) is 23.4 Å². The van der Waals surface area contributed by atoms with E-state index in [9.17, 15) is 13.6 Å². The van der Waals surface area contributed by atoms with Crippen molar-refractivity contribution in [3.05, 3.63) is 35.4 Å². The minimum absolute atomic E-state index is 0.0217. The summed E-state index contributed by atoms with van der Waals surface area (Å²) in [6, 6.07) is 3.09. The first-order valence-corrected chi connectivity index (χ1v) is 6.13. The molecule has 0 N–H and O–H groups in total. The van der Waals surface area contributed by atoms with Crippen molar-refractivity contribution >= 4 is 5.78 Å². The molecule has 18 heavy (non-hydrogen) atoms. The molecule has 0 spiro atoms. The summed E-state index contributed by atoms with van der Waals surface area (Å²) in [5, 5.41) is 0. The molecule has 4 heteroatoms. The van der Waals surface area contributed by atoms with Gasteiger partial charge in [0.2, 0.25) is 0 Å². The van der Waals surface area contributed by atoms with Gasteiger partial charge in [-0.05, 0) is 45.4 Å². The molecule has 0 atom stereocenters. The van der Waals surface area contributed by atoms with Crippen LogP contribution < -0.4 is 0 Å². The van der Waals surface area contributed by atoms with Gasteiger partial charge in [-0.2, -0.15) is 0 Å². The van der Waals surface area contributed by atoms with Gasteiger partial charge in [0, 0.05) is 11.6 Å².